The molecule has 0 aliphatic heterocycles. The first-order valence-corrected chi connectivity index (χ1v) is 4.25. The lowest BCUT2D eigenvalue weighted by molar-refractivity contribution is 0.627. The maximum atomic E-state index is 12.8. The lowest BCUT2D eigenvalue weighted by Crippen LogP contribution is -1.95. The zero-order valence-electron chi connectivity index (χ0n) is 6.98. The topological polar surface area (TPSA) is 26.0 Å². The van der Waals surface area contributed by atoms with Gasteiger partial charge >= 0.3 is 0 Å². The molecule has 0 radical (unpaired) electrons. The van der Waals surface area contributed by atoms with Crippen LogP contribution in [0.25, 0.3) is 0 Å². The second kappa shape index (κ2) is 4.86. The van der Waals surface area contributed by atoms with Gasteiger partial charge in [-0.1, -0.05) is 23.4 Å². The normalized spacial score (nSPS) is 9.15. The van der Waals surface area contributed by atoms with Crippen LogP contribution in [0, 0.1) is 17.7 Å². The van der Waals surface area contributed by atoms with E-state index in [1.54, 1.807) is 6.07 Å². The Labute approximate surface area is 81.7 Å². The monoisotopic (exact) mass is 197 g/mol. The van der Waals surface area contributed by atoms with E-state index in [9.17, 15) is 4.39 Å². The quantitative estimate of drug-likeness (QED) is 0.687. The van der Waals surface area contributed by atoms with E-state index in [4.69, 9.17) is 17.3 Å². The van der Waals surface area contributed by atoms with Gasteiger partial charge in [-0.05, 0) is 18.2 Å². The van der Waals surface area contributed by atoms with E-state index in [0.29, 0.717) is 23.6 Å². The largest absolute Gasteiger partial charge is 0.330 e. The van der Waals surface area contributed by atoms with E-state index in [1.807, 2.05) is 0 Å². The summed E-state index contributed by atoms with van der Waals surface area (Å²) in [5, 5.41) is 0.358. The van der Waals surface area contributed by atoms with Crippen molar-refractivity contribution >= 4 is 11.6 Å². The van der Waals surface area contributed by atoms with E-state index in [-0.39, 0.29) is 5.82 Å². The van der Waals surface area contributed by atoms with Crippen molar-refractivity contribution in [3.05, 3.63) is 34.6 Å². The summed E-state index contributed by atoms with van der Waals surface area (Å²) in [4.78, 5) is 0. The Morgan fingerprint density at radius 3 is 2.77 bits per heavy atom. The molecule has 0 unspecified atom stereocenters. The zero-order chi connectivity index (χ0) is 9.68. The fourth-order valence-corrected chi connectivity index (χ4v) is 1.08. The van der Waals surface area contributed by atoms with Crippen LogP contribution >= 0.6 is 11.6 Å². The number of halogens is 2. The molecule has 0 saturated carbocycles. The molecule has 0 spiro atoms. The van der Waals surface area contributed by atoms with Crippen LogP contribution in [0.5, 0.6) is 0 Å². The second-order valence-electron chi connectivity index (χ2n) is 2.50. The first-order valence-electron chi connectivity index (χ1n) is 3.87. The van der Waals surface area contributed by atoms with Gasteiger partial charge in [0.05, 0.1) is 0 Å². The third-order valence-corrected chi connectivity index (χ3v) is 1.58. The standard InChI is InChI=1S/C10H9ClFN/c11-9-5-8(3-1-2-4-13)6-10(12)7-9/h5-7H,2,4,13H2. The average Bonchev–Trinajstić information content (AvgIpc) is 2.03. The van der Waals surface area contributed by atoms with E-state index in [1.165, 1.54) is 12.1 Å². The van der Waals surface area contributed by atoms with E-state index >= 15 is 0 Å². The number of nitrogens with two attached hydrogens (primary N) is 1. The highest BCUT2D eigenvalue weighted by molar-refractivity contribution is 6.30. The Kier molecular flexibility index (Phi) is 3.75. The van der Waals surface area contributed by atoms with Crippen molar-refractivity contribution in [2.45, 2.75) is 6.42 Å². The van der Waals surface area contributed by atoms with Gasteiger partial charge in [0.1, 0.15) is 5.82 Å². The summed E-state index contributed by atoms with van der Waals surface area (Å²) in [5.74, 6) is 5.21. The molecule has 1 aromatic rings. The van der Waals surface area contributed by atoms with E-state index < -0.39 is 0 Å². The van der Waals surface area contributed by atoms with Crippen LogP contribution in [0.1, 0.15) is 12.0 Å². The molecule has 0 atom stereocenters. The first-order chi connectivity index (χ1) is 6.22. The van der Waals surface area contributed by atoms with Crippen molar-refractivity contribution in [1.82, 2.24) is 0 Å². The summed E-state index contributed by atoms with van der Waals surface area (Å²) in [5.41, 5.74) is 5.83. The minimum atomic E-state index is -0.371. The van der Waals surface area contributed by atoms with Crippen LogP contribution in [-0.4, -0.2) is 6.54 Å². The molecular formula is C10H9ClFN. The zero-order valence-corrected chi connectivity index (χ0v) is 7.74. The summed E-state index contributed by atoms with van der Waals surface area (Å²) in [6.07, 6.45) is 0.605. The van der Waals surface area contributed by atoms with E-state index in [0.717, 1.165) is 0 Å². The predicted octanol–water partition coefficient (Wildman–Crippen LogP) is 2.18. The highest BCUT2D eigenvalue weighted by atomic mass is 35.5. The molecule has 0 bridgehead atoms. The van der Waals surface area contributed by atoms with Crippen LogP contribution in [0.2, 0.25) is 5.02 Å². The second-order valence-corrected chi connectivity index (χ2v) is 2.94. The fraction of sp³-hybridized carbons (Fsp3) is 0.200. The highest BCUT2D eigenvalue weighted by Gasteiger charge is 1.95. The summed E-state index contributed by atoms with van der Waals surface area (Å²) >= 11 is 5.63. The predicted molar refractivity (Wildman–Crippen MR) is 52.0 cm³/mol. The minimum Gasteiger partial charge on any atom is -0.330 e. The highest BCUT2D eigenvalue weighted by Crippen LogP contribution is 2.12. The maximum absolute atomic E-state index is 12.8. The van der Waals surface area contributed by atoms with Gasteiger partial charge in [0.15, 0.2) is 0 Å². The van der Waals surface area contributed by atoms with E-state index in [2.05, 4.69) is 11.8 Å². The Hall–Kier alpha value is -1.04. The Morgan fingerprint density at radius 1 is 1.38 bits per heavy atom. The molecule has 1 aromatic carbocycles. The molecule has 0 aliphatic rings. The molecule has 68 valence electrons. The van der Waals surface area contributed by atoms with Crippen LogP contribution in [0.15, 0.2) is 18.2 Å². The van der Waals surface area contributed by atoms with Crippen LogP contribution in [-0.2, 0) is 0 Å². The molecule has 0 amide bonds. The number of hydrogen-bond donors (Lipinski definition) is 1. The number of benzene rings is 1. The summed E-state index contributed by atoms with van der Waals surface area (Å²) < 4.78 is 12.8. The molecular weight excluding hydrogens is 189 g/mol. The summed E-state index contributed by atoms with van der Waals surface area (Å²) in [6.45, 7) is 0.510. The minimum absolute atomic E-state index is 0.358. The summed E-state index contributed by atoms with van der Waals surface area (Å²) in [7, 11) is 0. The molecule has 0 aliphatic carbocycles. The third kappa shape index (κ3) is 3.45. The van der Waals surface area contributed by atoms with Gasteiger partial charge in [0.2, 0.25) is 0 Å². The van der Waals surface area contributed by atoms with Gasteiger partial charge in [0, 0.05) is 23.6 Å². The van der Waals surface area contributed by atoms with Gasteiger partial charge in [-0.3, -0.25) is 0 Å². The van der Waals surface area contributed by atoms with Gasteiger partial charge in [-0.25, -0.2) is 4.39 Å². The lowest BCUT2D eigenvalue weighted by atomic mass is 10.2. The van der Waals surface area contributed by atoms with Crippen molar-refractivity contribution in [2.75, 3.05) is 6.54 Å². The molecule has 1 rings (SSSR count). The van der Waals surface area contributed by atoms with Crippen molar-refractivity contribution < 1.29 is 4.39 Å². The maximum Gasteiger partial charge on any atom is 0.125 e. The first kappa shape index (κ1) is 10.0. The van der Waals surface area contributed by atoms with Crippen LogP contribution < -0.4 is 5.73 Å². The van der Waals surface area contributed by atoms with Gasteiger partial charge in [0.25, 0.3) is 0 Å². The Morgan fingerprint density at radius 2 is 2.15 bits per heavy atom. The van der Waals surface area contributed by atoms with Gasteiger partial charge in [-0.2, -0.15) is 0 Å². The van der Waals surface area contributed by atoms with Crippen molar-refractivity contribution in [3.8, 4) is 11.8 Å². The Balaban J connectivity index is 2.85. The molecule has 0 aromatic heterocycles. The van der Waals surface area contributed by atoms with Crippen molar-refractivity contribution in [3.63, 3.8) is 0 Å². The molecule has 13 heavy (non-hydrogen) atoms. The smallest absolute Gasteiger partial charge is 0.125 e. The SMILES string of the molecule is NCCC#Cc1cc(F)cc(Cl)c1. The lowest BCUT2D eigenvalue weighted by Gasteiger charge is -1.93. The van der Waals surface area contributed by atoms with Crippen molar-refractivity contribution in [2.24, 2.45) is 5.73 Å². The third-order valence-electron chi connectivity index (χ3n) is 1.36. The molecule has 0 saturated heterocycles. The van der Waals surface area contributed by atoms with Gasteiger partial charge in [-0.15, -0.1) is 0 Å². The van der Waals surface area contributed by atoms with Crippen molar-refractivity contribution in [1.29, 1.82) is 0 Å². The van der Waals surface area contributed by atoms with Crippen LogP contribution in [0.4, 0.5) is 4.39 Å². The summed E-state index contributed by atoms with van der Waals surface area (Å²) in [6, 6.07) is 4.21. The molecule has 1 nitrogen and oxygen atoms in total. The van der Waals surface area contributed by atoms with Gasteiger partial charge < -0.3 is 5.73 Å². The fourth-order valence-electron chi connectivity index (χ4n) is 0.863. The molecule has 0 fully saturated rings. The Bertz CT molecular complexity index is 331. The molecule has 2 N–H and O–H groups in total. The molecule has 0 heterocycles. The van der Waals surface area contributed by atoms with Crippen LogP contribution in [0.3, 0.4) is 0 Å². The number of rotatable bonds is 1. The number of hydrogen-bond acceptors (Lipinski definition) is 1. The average molecular weight is 198 g/mol. The molecule has 3 heteroatoms.